The second kappa shape index (κ2) is 8.12. The predicted octanol–water partition coefficient (Wildman–Crippen LogP) is 2.78. The molecule has 0 aliphatic carbocycles. The van der Waals surface area contributed by atoms with Crippen molar-refractivity contribution in [3.8, 4) is 5.75 Å². The fourth-order valence-electron chi connectivity index (χ4n) is 1.79. The lowest BCUT2D eigenvalue weighted by Crippen LogP contribution is -2.46. The molecule has 0 heterocycles. The Hall–Kier alpha value is -1.26. The standard InChI is InChI=1S/C15H22ClNO3/c1-3-15(2,8-9-18)17-14(19)7-10-20-13-6-4-5-12(16)11-13/h4-6,11,18H,3,7-10H2,1-2H3,(H,17,19). The molecular formula is C15H22ClNO3. The summed E-state index contributed by atoms with van der Waals surface area (Å²) in [6.45, 7) is 4.27. The number of nitrogens with one attached hydrogen (secondary N) is 1. The molecule has 0 aliphatic heterocycles. The van der Waals surface area contributed by atoms with Gasteiger partial charge in [-0.05, 0) is 38.0 Å². The van der Waals surface area contributed by atoms with E-state index in [1.165, 1.54) is 0 Å². The van der Waals surface area contributed by atoms with E-state index in [0.717, 1.165) is 6.42 Å². The van der Waals surface area contributed by atoms with Crippen molar-refractivity contribution in [1.82, 2.24) is 5.32 Å². The van der Waals surface area contributed by atoms with Gasteiger partial charge in [0.05, 0.1) is 13.0 Å². The number of benzene rings is 1. The Morgan fingerprint density at radius 1 is 1.50 bits per heavy atom. The van der Waals surface area contributed by atoms with Crippen LogP contribution in [0.15, 0.2) is 24.3 Å². The lowest BCUT2D eigenvalue weighted by atomic mass is 9.95. The summed E-state index contributed by atoms with van der Waals surface area (Å²) in [4.78, 5) is 11.9. The van der Waals surface area contributed by atoms with Gasteiger partial charge in [-0.1, -0.05) is 24.6 Å². The van der Waals surface area contributed by atoms with Crippen molar-refractivity contribution in [2.75, 3.05) is 13.2 Å². The summed E-state index contributed by atoms with van der Waals surface area (Å²) in [6.07, 6.45) is 1.59. The van der Waals surface area contributed by atoms with E-state index in [-0.39, 0.29) is 24.5 Å². The number of rotatable bonds is 8. The van der Waals surface area contributed by atoms with Crippen LogP contribution in [0, 0.1) is 0 Å². The zero-order chi connectivity index (χ0) is 15.0. The fourth-order valence-corrected chi connectivity index (χ4v) is 1.97. The van der Waals surface area contributed by atoms with Crippen molar-refractivity contribution >= 4 is 17.5 Å². The SMILES string of the molecule is CCC(C)(CCO)NC(=O)CCOc1cccc(Cl)c1. The molecule has 0 saturated heterocycles. The molecule has 0 radical (unpaired) electrons. The molecule has 5 heteroatoms. The largest absolute Gasteiger partial charge is 0.493 e. The van der Waals surface area contributed by atoms with Gasteiger partial charge in [0.15, 0.2) is 0 Å². The molecule has 1 amide bonds. The van der Waals surface area contributed by atoms with Crippen LogP contribution in [0.4, 0.5) is 0 Å². The first-order valence-corrected chi connectivity index (χ1v) is 7.17. The van der Waals surface area contributed by atoms with Crippen LogP contribution >= 0.6 is 11.6 Å². The van der Waals surface area contributed by atoms with Gasteiger partial charge in [0.2, 0.25) is 5.91 Å². The third-order valence-corrected chi connectivity index (χ3v) is 3.51. The zero-order valence-corrected chi connectivity index (χ0v) is 12.7. The highest BCUT2D eigenvalue weighted by Gasteiger charge is 2.23. The maximum absolute atomic E-state index is 11.9. The van der Waals surface area contributed by atoms with Gasteiger partial charge in [0, 0.05) is 17.2 Å². The Morgan fingerprint density at radius 3 is 2.85 bits per heavy atom. The first-order chi connectivity index (χ1) is 9.49. The van der Waals surface area contributed by atoms with Gasteiger partial charge in [0.25, 0.3) is 0 Å². The van der Waals surface area contributed by atoms with Gasteiger partial charge in [-0.2, -0.15) is 0 Å². The van der Waals surface area contributed by atoms with Crippen molar-refractivity contribution in [2.24, 2.45) is 0 Å². The molecule has 1 atom stereocenters. The van der Waals surface area contributed by atoms with Gasteiger partial charge < -0.3 is 15.2 Å². The van der Waals surface area contributed by atoms with E-state index in [1.54, 1.807) is 24.3 Å². The summed E-state index contributed by atoms with van der Waals surface area (Å²) in [5, 5.41) is 12.5. The van der Waals surface area contributed by atoms with E-state index in [2.05, 4.69) is 5.32 Å². The first kappa shape index (κ1) is 16.8. The van der Waals surface area contributed by atoms with Crippen molar-refractivity contribution in [2.45, 2.75) is 38.6 Å². The molecule has 2 N–H and O–H groups in total. The molecule has 20 heavy (non-hydrogen) atoms. The van der Waals surface area contributed by atoms with Crippen LogP contribution in [0.3, 0.4) is 0 Å². The van der Waals surface area contributed by atoms with E-state index in [0.29, 0.717) is 23.8 Å². The molecule has 0 aromatic heterocycles. The third-order valence-electron chi connectivity index (χ3n) is 3.28. The minimum atomic E-state index is -0.359. The number of amides is 1. The maximum Gasteiger partial charge on any atom is 0.223 e. The topological polar surface area (TPSA) is 58.6 Å². The average molecular weight is 300 g/mol. The van der Waals surface area contributed by atoms with Gasteiger partial charge in [-0.25, -0.2) is 0 Å². The van der Waals surface area contributed by atoms with Crippen LogP contribution < -0.4 is 10.1 Å². The number of aliphatic hydroxyl groups excluding tert-OH is 1. The molecule has 0 bridgehead atoms. The number of hydrogen-bond donors (Lipinski definition) is 2. The van der Waals surface area contributed by atoms with Crippen molar-refractivity contribution in [1.29, 1.82) is 0 Å². The molecule has 1 aromatic rings. The number of halogens is 1. The molecule has 1 unspecified atom stereocenters. The molecule has 1 aromatic carbocycles. The minimum Gasteiger partial charge on any atom is -0.493 e. The van der Waals surface area contributed by atoms with Crippen molar-refractivity contribution < 1.29 is 14.6 Å². The number of hydrogen-bond acceptors (Lipinski definition) is 3. The van der Waals surface area contributed by atoms with Crippen LogP contribution in [0.1, 0.15) is 33.1 Å². The van der Waals surface area contributed by atoms with Crippen LogP contribution in [0.5, 0.6) is 5.75 Å². The normalized spacial score (nSPS) is 13.6. The van der Waals surface area contributed by atoms with Gasteiger partial charge >= 0.3 is 0 Å². The monoisotopic (exact) mass is 299 g/mol. The van der Waals surface area contributed by atoms with Gasteiger partial charge in [0.1, 0.15) is 5.75 Å². The molecule has 1 rings (SSSR count). The number of aliphatic hydroxyl groups is 1. The van der Waals surface area contributed by atoms with Crippen LogP contribution in [0.25, 0.3) is 0 Å². The lowest BCUT2D eigenvalue weighted by Gasteiger charge is -2.29. The molecule has 0 fully saturated rings. The van der Waals surface area contributed by atoms with E-state index < -0.39 is 0 Å². The van der Waals surface area contributed by atoms with Crippen LogP contribution in [0.2, 0.25) is 5.02 Å². The van der Waals surface area contributed by atoms with Crippen molar-refractivity contribution in [3.63, 3.8) is 0 Å². The number of ether oxygens (including phenoxy) is 1. The maximum atomic E-state index is 11.9. The third kappa shape index (κ3) is 5.80. The van der Waals surface area contributed by atoms with E-state index >= 15 is 0 Å². The zero-order valence-electron chi connectivity index (χ0n) is 12.0. The molecule has 0 spiro atoms. The summed E-state index contributed by atoms with van der Waals surface area (Å²) in [6, 6.07) is 7.07. The summed E-state index contributed by atoms with van der Waals surface area (Å²) < 4.78 is 5.47. The summed E-state index contributed by atoms with van der Waals surface area (Å²) >= 11 is 5.84. The minimum absolute atomic E-state index is 0.0592. The Bertz CT molecular complexity index is 439. The quantitative estimate of drug-likeness (QED) is 0.776. The highest BCUT2D eigenvalue weighted by Crippen LogP contribution is 2.17. The average Bonchev–Trinajstić information content (AvgIpc) is 2.39. The Balaban J connectivity index is 2.36. The second-order valence-electron chi connectivity index (χ2n) is 4.99. The summed E-state index contributed by atoms with van der Waals surface area (Å²) in [5.41, 5.74) is -0.359. The second-order valence-corrected chi connectivity index (χ2v) is 5.43. The van der Waals surface area contributed by atoms with Gasteiger partial charge in [-0.3, -0.25) is 4.79 Å². The Morgan fingerprint density at radius 2 is 2.25 bits per heavy atom. The van der Waals surface area contributed by atoms with Crippen LogP contribution in [-0.2, 0) is 4.79 Å². The highest BCUT2D eigenvalue weighted by atomic mass is 35.5. The van der Waals surface area contributed by atoms with Crippen LogP contribution in [-0.4, -0.2) is 29.8 Å². The van der Waals surface area contributed by atoms with Gasteiger partial charge in [-0.15, -0.1) is 0 Å². The fraction of sp³-hybridized carbons (Fsp3) is 0.533. The lowest BCUT2D eigenvalue weighted by molar-refractivity contribution is -0.123. The number of carbonyl (C=O) groups excluding carboxylic acids is 1. The summed E-state index contributed by atoms with van der Waals surface area (Å²) in [5.74, 6) is 0.573. The first-order valence-electron chi connectivity index (χ1n) is 6.79. The summed E-state index contributed by atoms with van der Waals surface area (Å²) in [7, 11) is 0. The van der Waals surface area contributed by atoms with Crippen molar-refractivity contribution in [3.05, 3.63) is 29.3 Å². The van der Waals surface area contributed by atoms with E-state index in [4.69, 9.17) is 21.4 Å². The Kier molecular flexibility index (Phi) is 6.82. The molecule has 112 valence electrons. The van der Waals surface area contributed by atoms with E-state index in [1.807, 2.05) is 13.8 Å². The Labute approximate surface area is 125 Å². The molecule has 0 saturated carbocycles. The molecular weight excluding hydrogens is 278 g/mol. The van der Waals surface area contributed by atoms with E-state index in [9.17, 15) is 4.79 Å². The predicted molar refractivity (Wildman–Crippen MR) is 80.1 cm³/mol. The molecule has 0 aliphatic rings. The highest BCUT2D eigenvalue weighted by molar-refractivity contribution is 6.30. The number of carbonyl (C=O) groups is 1. The molecule has 4 nitrogen and oxygen atoms in total. The smallest absolute Gasteiger partial charge is 0.223 e.